The monoisotopic (exact) mass is 358 g/mol. The number of rotatable bonds is 3. The van der Waals surface area contributed by atoms with Gasteiger partial charge in [0.2, 0.25) is 0 Å². The first-order chi connectivity index (χ1) is 11.6. The average Bonchev–Trinajstić information content (AvgIpc) is 3.14. The highest BCUT2D eigenvalue weighted by Gasteiger charge is 2.18. The van der Waals surface area contributed by atoms with Crippen molar-refractivity contribution in [1.82, 2.24) is 10.9 Å². The fourth-order valence-electron chi connectivity index (χ4n) is 2.42. The van der Waals surface area contributed by atoms with Gasteiger partial charge in [0.1, 0.15) is 0 Å². The Labute approximate surface area is 149 Å². The zero-order valence-corrected chi connectivity index (χ0v) is 14.9. The molecule has 2 N–H and O–H groups in total. The summed E-state index contributed by atoms with van der Waals surface area (Å²) in [5.74, 6) is 1.69. The second kappa shape index (κ2) is 7.77. The quantitative estimate of drug-likeness (QED) is 0.824. The van der Waals surface area contributed by atoms with Gasteiger partial charge in [-0.25, -0.2) is 0 Å². The van der Waals surface area contributed by atoms with Crippen LogP contribution in [0.15, 0.2) is 48.5 Å². The van der Waals surface area contributed by atoms with E-state index < -0.39 is 0 Å². The van der Waals surface area contributed by atoms with Gasteiger partial charge >= 0.3 is 0 Å². The molecule has 24 heavy (non-hydrogen) atoms. The van der Waals surface area contributed by atoms with Crippen LogP contribution in [0.5, 0.6) is 0 Å². The Bertz CT molecular complexity index is 741. The fraction of sp³-hybridized carbons (Fsp3) is 0.222. The van der Waals surface area contributed by atoms with E-state index in [1.165, 1.54) is 17.1 Å². The van der Waals surface area contributed by atoms with Gasteiger partial charge in [0.05, 0.1) is 4.58 Å². The number of aryl methyl sites for hydroxylation is 1. The summed E-state index contributed by atoms with van der Waals surface area (Å²) in [6.45, 7) is 1.86. The molecule has 2 amide bonds. The smallest absolute Gasteiger partial charge is 0.267 e. The molecule has 0 aromatic heterocycles. The molecule has 0 spiro atoms. The van der Waals surface area contributed by atoms with Gasteiger partial charge in [-0.15, -0.1) is 23.5 Å². The minimum Gasteiger partial charge on any atom is -0.267 e. The van der Waals surface area contributed by atoms with E-state index in [4.69, 9.17) is 0 Å². The van der Waals surface area contributed by atoms with Crippen LogP contribution < -0.4 is 10.9 Å². The molecule has 6 heteroatoms. The SMILES string of the molecule is Cc1ccccc1C(=O)NNC(=O)c1ccc(C2SCCS2)cc1. The van der Waals surface area contributed by atoms with Crippen molar-refractivity contribution >= 4 is 35.3 Å². The number of carbonyl (C=O) groups excluding carboxylic acids is 2. The van der Waals surface area contributed by atoms with Crippen molar-refractivity contribution in [3.8, 4) is 0 Å². The van der Waals surface area contributed by atoms with Crippen LogP contribution in [0.4, 0.5) is 0 Å². The van der Waals surface area contributed by atoms with Gasteiger partial charge in [-0.3, -0.25) is 20.4 Å². The molecule has 2 aromatic rings. The average molecular weight is 358 g/mol. The number of nitrogens with one attached hydrogen (secondary N) is 2. The van der Waals surface area contributed by atoms with Crippen molar-refractivity contribution in [3.05, 3.63) is 70.8 Å². The maximum atomic E-state index is 12.2. The highest BCUT2D eigenvalue weighted by molar-refractivity contribution is 8.19. The zero-order valence-electron chi connectivity index (χ0n) is 13.2. The molecule has 1 aliphatic heterocycles. The molecule has 0 aliphatic carbocycles. The Hall–Kier alpha value is -1.92. The summed E-state index contributed by atoms with van der Waals surface area (Å²) in [5.41, 5.74) is 8.08. The molecule has 2 aromatic carbocycles. The summed E-state index contributed by atoms with van der Waals surface area (Å²) in [6.07, 6.45) is 0. The third-order valence-electron chi connectivity index (χ3n) is 3.75. The van der Waals surface area contributed by atoms with E-state index in [1.54, 1.807) is 24.3 Å². The molecular weight excluding hydrogens is 340 g/mol. The summed E-state index contributed by atoms with van der Waals surface area (Å²) in [4.78, 5) is 24.3. The molecule has 3 rings (SSSR count). The minimum atomic E-state index is -0.324. The molecule has 124 valence electrons. The highest BCUT2D eigenvalue weighted by atomic mass is 32.2. The molecule has 4 nitrogen and oxygen atoms in total. The molecule has 0 atom stereocenters. The third-order valence-corrected chi connectivity index (χ3v) is 6.85. The van der Waals surface area contributed by atoms with Crippen LogP contribution in [-0.4, -0.2) is 23.3 Å². The van der Waals surface area contributed by atoms with Crippen molar-refractivity contribution in [2.45, 2.75) is 11.5 Å². The van der Waals surface area contributed by atoms with Crippen LogP contribution in [-0.2, 0) is 0 Å². The van der Waals surface area contributed by atoms with E-state index in [1.807, 2.05) is 54.7 Å². The van der Waals surface area contributed by atoms with Gasteiger partial charge in [0, 0.05) is 22.6 Å². The summed E-state index contributed by atoms with van der Waals surface area (Å²) >= 11 is 3.86. The minimum absolute atomic E-state index is 0.322. The van der Waals surface area contributed by atoms with E-state index in [9.17, 15) is 9.59 Å². The lowest BCUT2D eigenvalue weighted by Gasteiger charge is -2.11. The number of thioether (sulfide) groups is 2. The standard InChI is InChI=1S/C18H18N2O2S2/c1-12-4-2-3-5-15(12)17(22)20-19-16(21)13-6-8-14(9-7-13)18-23-10-11-24-18/h2-9,18H,10-11H2,1H3,(H,19,21)(H,20,22). The number of hydrogen-bond donors (Lipinski definition) is 2. The lowest BCUT2D eigenvalue weighted by Crippen LogP contribution is -2.41. The Kier molecular flexibility index (Phi) is 5.48. The largest absolute Gasteiger partial charge is 0.269 e. The molecule has 1 saturated heterocycles. The lowest BCUT2D eigenvalue weighted by atomic mass is 10.1. The van der Waals surface area contributed by atoms with Crippen LogP contribution in [0.2, 0.25) is 0 Å². The van der Waals surface area contributed by atoms with E-state index in [0.29, 0.717) is 15.7 Å². The van der Waals surface area contributed by atoms with Crippen LogP contribution in [0.3, 0.4) is 0 Å². The van der Waals surface area contributed by atoms with Crippen LogP contribution in [0.25, 0.3) is 0 Å². The number of amides is 2. The van der Waals surface area contributed by atoms with Crippen LogP contribution in [0.1, 0.15) is 36.4 Å². The number of hydrazine groups is 1. The first-order valence-electron chi connectivity index (χ1n) is 7.64. The number of benzene rings is 2. The fourth-order valence-corrected chi connectivity index (χ4v) is 5.28. The molecule has 0 radical (unpaired) electrons. The van der Waals surface area contributed by atoms with Gasteiger partial charge < -0.3 is 0 Å². The zero-order chi connectivity index (χ0) is 16.9. The molecule has 0 saturated carbocycles. The van der Waals surface area contributed by atoms with Crippen molar-refractivity contribution in [2.24, 2.45) is 0 Å². The Morgan fingerprint density at radius 3 is 2.21 bits per heavy atom. The molecule has 0 unspecified atom stereocenters. The van der Waals surface area contributed by atoms with Crippen molar-refractivity contribution < 1.29 is 9.59 Å². The Morgan fingerprint density at radius 1 is 0.917 bits per heavy atom. The van der Waals surface area contributed by atoms with Crippen LogP contribution >= 0.6 is 23.5 Å². The van der Waals surface area contributed by atoms with Gasteiger partial charge in [-0.2, -0.15) is 0 Å². The summed E-state index contributed by atoms with van der Waals surface area (Å²) in [5, 5.41) is 0. The highest BCUT2D eigenvalue weighted by Crippen LogP contribution is 2.45. The molecule has 1 fully saturated rings. The van der Waals surface area contributed by atoms with Gasteiger partial charge in [0.25, 0.3) is 11.8 Å². The second-order valence-corrected chi connectivity index (χ2v) is 8.14. The predicted octanol–water partition coefficient (Wildman–Crippen LogP) is 3.55. The van der Waals surface area contributed by atoms with Gasteiger partial charge in [-0.05, 0) is 36.2 Å². The Morgan fingerprint density at radius 2 is 1.54 bits per heavy atom. The normalized spacial score (nSPS) is 14.4. The van der Waals surface area contributed by atoms with Crippen molar-refractivity contribution in [3.63, 3.8) is 0 Å². The first kappa shape index (κ1) is 16.9. The predicted molar refractivity (Wildman–Crippen MR) is 100 cm³/mol. The first-order valence-corrected chi connectivity index (χ1v) is 9.74. The topological polar surface area (TPSA) is 58.2 Å². The summed E-state index contributed by atoms with van der Waals surface area (Å²) in [7, 11) is 0. The lowest BCUT2D eigenvalue weighted by molar-refractivity contribution is 0.0846. The summed E-state index contributed by atoms with van der Waals surface area (Å²) < 4.78 is 0.461. The second-order valence-electron chi connectivity index (χ2n) is 5.42. The number of hydrogen-bond acceptors (Lipinski definition) is 4. The molecule has 1 aliphatic rings. The van der Waals surface area contributed by atoms with Crippen molar-refractivity contribution in [1.29, 1.82) is 0 Å². The Balaban J connectivity index is 1.58. The molecule has 0 bridgehead atoms. The van der Waals surface area contributed by atoms with Crippen molar-refractivity contribution in [2.75, 3.05) is 11.5 Å². The van der Waals surface area contributed by atoms with E-state index >= 15 is 0 Å². The maximum absolute atomic E-state index is 12.2. The van der Waals surface area contributed by atoms with Gasteiger partial charge in [-0.1, -0.05) is 30.3 Å². The van der Waals surface area contributed by atoms with E-state index in [2.05, 4.69) is 10.9 Å². The maximum Gasteiger partial charge on any atom is 0.269 e. The van der Waals surface area contributed by atoms with Gasteiger partial charge in [0.15, 0.2) is 0 Å². The van der Waals surface area contributed by atoms with E-state index in [0.717, 1.165) is 5.56 Å². The number of carbonyl (C=O) groups is 2. The third kappa shape index (κ3) is 3.94. The molecule has 1 heterocycles. The summed E-state index contributed by atoms with van der Waals surface area (Å²) in [6, 6.07) is 14.8. The van der Waals surface area contributed by atoms with Crippen LogP contribution in [0, 0.1) is 6.92 Å². The molecular formula is C18H18N2O2S2. The van der Waals surface area contributed by atoms with E-state index in [-0.39, 0.29) is 11.8 Å².